The number of piperidine rings is 1. The van der Waals surface area contributed by atoms with Crippen LogP contribution in [-0.2, 0) is 10.3 Å². The molecule has 172 valence electrons. The Hall–Kier alpha value is -2.94. The van der Waals surface area contributed by atoms with Gasteiger partial charge in [-0.05, 0) is 80.6 Å². The van der Waals surface area contributed by atoms with Gasteiger partial charge in [0.15, 0.2) is 11.5 Å². The van der Waals surface area contributed by atoms with Gasteiger partial charge in [0.1, 0.15) is 11.5 Å². The van der Waals surface area contributed by atoms with Crippen LogP contribution in [0.25, 0.3) is 0 Å². The number of carbonyl (C=O) groups excluding carboxylic acids is 1. The molecular formula is C23H28F2N4O3. The zero-order valence-corrected chi connectivity index (χ0v) is 18.6. The van der Waals surface area contributed by atoms with Crippen molar-refractivity contribution < 1.29 is 22.7 Å². The summed E-state index contributed by atoms with van der Waals surface area (Å²) in [4.78, 5) is 19.7. The van der Waals surface area contributed by atoms with E-state index in [0.717, 1.165) is 11.3 Å². The standard InChI is InChI=1S/C23H28F2N4O3/c1-12-7-18(31-11-12)17-10-15(5-6-27-17)23(20(30)29(4)22(26)28-23)16-8-13(2)19(14(3)9-16)32-21(24)25/h7-9,11,15,17,21,27H,5-6,10H2,1-4H3,(H2,26,28). The van der Waals surface area contributed by atoms with Crippen LogP contribution in [0.3, 0.4) is 0 Å². The molecule has 0 bridgehead atoms. The molecule has 1 amide bonds. The number of hydrogen-bond acceptors (Lipinski definition) is 6. The number of carbonyl (C=O) groups is 1. The lowest BCUT2D eigenvalue weighted by Gasteiger charge is -2.39. The average molecular weight is 446 g/mol. The van der Waals surface area contributed by atoms with Crippen LogP contribution >= 0.6 is 0 Å². The van der Waals surface area contributed by atoms with E-state index in [1.54, 1.807) is 39.3 Å². The molecular weight excluding hydrogens is 418 g/mol. The Morgan fingerprint density at radius 1 is 1.28 bits per heavy atom. The minimum Gasteiger partial charge on any atom is -0.467 e. The number of nitrogens with zero attached hydrogens (tertiary/aromatic N) is 2. The molecule has 1 aromatic heterocycles. The number of ether oxygens (including phenoxy) is 1. The first kappa shape index (κ1) is 22.3. The number of likely N-dealkylation sites (N-methyl/N-ethyl adjacent to an activating group) is 1. The maximum absolute atomic E-state index is 13.6. The molecule has 3 heterocycles. The average Bonchev–Trinajstić information content (AvgIpc) is 3.28. The Labute approximate surface area is 185 Å². The number of aliphatic imine (C=N–C) groups is 1. The maximum atomic E-state index is 13.6. The fraction of sp³-hybridized carbons (Fsp3) is 0.478. The Bertz CT molecular complexity index is 1040. The number of aryl methyl sites for hydroxylation is 3. The molecule has 9 heteroatoms. The van der Waals surface area contributed by atoms with Gasteiger partial charge >= 0.3 is 6.61 Å². The van der Waals surface area contributed by atoms with Crippen molar-refractivity contribution in [2.24, 2.45) is 16.6 Å². The summed E-state index contributed by atoms with van der Waals surface area (Å²) < 4.78 is 36.2. The number of nitrogens with two attached hydrogens (primary N) is 1. The summed E-state index contributed by atoms with van der Waals surface area (Å²) in [5.74, 6) is 0.672. The number of halogens is 2. The van der Waals surface area contributed by atoms with Crippen molar-refractivity contribution in [1.29, 1.82) is 0 Å². The van der Waals surface area contributed by atoms with Crippen molar-refractivity contribution in [1.82, 2.24) is 10.2 Å². The van der Waals surface area contributed by atoms with Gasteiger partial charge in [0.2, 0.25) is 0 Å². The summed E-state index contributed by atoms with van der Waals surface area (Å²) in [6, 6.07) is 5.34. The second-order valence-corrected chi connectivity index (χ2v) is 8.67. The summed E-state index contributed by atoms with van der Waals surface area (Å²) in [5, 5.41) is 3.46. The Balaban J connectivity index is 1.79. The lowest BCUT2D eigenvalue weighted by Crippen LogP contribution is -2.48. The van der Waals surface area contributed by atoms with Crippen molar-refractivity contribution in [3.8, 4) is 5.75 Å². The predicted octanol–water partition coefficient (Wildman–Crippen LogP) is 3.53. The summed E-state index contributed by atoms with van der Waals surface area (Å²) in [5.41, 5.74) is 7.56. The Morgan fingerprint density at radius 3 is 2.50 bits per heavy atom. The SMILES string of the molecule is Cc1coc(C2CC(C3(c4cc(C)c(OC(F)F)c(C)c4)N=C(N)N(C)C3=O)CCN2)c1. The summed E-state index contributed by atoms with van der Waals surface area (Å²) in [7, 11) is 1.60. The zero-order chi connectivity index (χ0) is 23.2. The predicted molar refractivity (Wildman–Crippen MR) is 116 cm³/mol. The van der Waals surface area contributed by atoms with E-state index in [-0.39, 0.29) is 29.6 Å². The van der Waals surface area contributed by atoms with E-state index in [4.69, 9.17) is 19.9 Å². The molecule has 32 heavy (non-hydrogen) atoms. The zero-order valence-electron chi connectivity index (χ0n) is 18.6. The third kappa shape index (κ3) is 3.64. The summed E-state index contributed by atoms with van der Waals surface area (Å²) in [6.07, 6.45) is 3.01. The fourth-order valence-electron chi connectivity index (χ4n) is 4.95. The van der Waals surface area contributed by atoms with E-state index in [1.165, 1.54) is 4.90 Å². The van der Waals surface area contributed by atoms with E-state index in [0.29, 0.717) is 36.1 Å². The van der Waals surface area contributed by atoms with Crippen LogP contribution < -0.4 is 15.8 Å². The van der Waals surface area contributed by atoms with Gasteiger partial charge in [-0.1, -0.05) is 0 Å². The van der Waals surface area contributed by atoms with Gasteiger partial charge in [0.25, 0.3) is 5.91 Å². The fourth-order valence-corrected chi connectivity index (χ4v) is 4.95. The highest BCUT2D eigenvalue weighted by Crippen LogP contribution is 2.47. The maximum Gasteiger partial charge on any atom is 0.387 e. The molecule has 1 fully saturated rings. The molecule has 0 spiro atoms. The van der Waals surface area contributed by atoms with Crippen LogP contribution in [-0.4, -0.2) is 37.0 Å². The third-order valence-electron chi connectivity index (χ3n) is 6.46. The van der Waals surface area contributed by atoms with Crippen LogP contribution in [0.1, 0.15) is 46.9 Å². The number of benzene rings is 1. The number of nitrogens with one attached hydrogen (secondary N) is 1. The quantitative estimate of drug-likeness (QED) is 0.733. The molecule has 3 unspecified atom stereocenters. The van der Waals surface area contributed by atoms with Crippen LogP contribution in [0.4, 0.5) is 8.78 Å². The van der Waals surface area contributed by atoms with E-state index in [2.05, 4.69) is 5.32 Å². The first-order valence-corrected chi connectivity index (χ1v) is 10.6. The van der Waals surface area contributed by atoms with Crippen LogP contribution in [0.2, 0.25) is 0 Å². The second-order valence-electron chi connectivity index (χ2n) is 8.67. The van der Waals surface area contributed by atoms with Crippen molar-refractivity contribution in [3.63, 3.8) is 0 Å². The lowest BCUT2D eigenvalue weighted by molar-refractivity contribution is -0.133. The van der Waals surface area contributed by atoms with Gasteiger partial charge in [-0.3, -0.25) is 9.69 Å². The molecule has 2 aromatic rings. The minimum absolute atomic E-state index is 0.0712. The minimum atomic E-state index is -2.93. The summed E-state index contributed by atoms with van der Waals surface area (Å²) in [6.45, 7) is 3.09. The van der Waals surface area contributed by atoms with E-state index in [1.807, 2.05) is 13.0 Å². The van der Waals surface area contributed by atoms with Crippen molar-refractivity contribution in [2.75, 3.05) is 13.6 Å². The van der Waals surface area contributed by atoms with Gasteiger partial charge < -0.3 is 20.2 Å². The first-order chi connectivity index (χ1) is 15.1. The number of amides is 1. The Morgan fingerprint density at radius 2 is 1.97 bits per heavy atom. The van der Waals surface area contributed by atoms with Gasteiger partial charge in [0.05, 0.1) is 12.3 Å². The third-order valence-corrected chi connectivity index (χ3v) is 6.46. The molecule has 0 aliphatic carbocycles. The molecule has 3 N–H and O–H groups in total. The molecule has 3 atom stereocenters. The number of alkyl halides is 2. The smallest absolute Gasteiger partial charge is 0.387 e. The summed E-state index contributed by atoms with van der Waals surface area (Å²) >= 11 is 0. The second kappa shape index (κ2) is 8.20. The van der Waals surface area contributed by atoms with Gasteiger partial charge in [-0.25, -0.2) is 4.99 Å². The van der Waals surface area contributed by atoms with E-state index < -0.39 is 12.2 Å². The van der Waals surface area contributed by atoms with Crippen molar-refractivity contribution in [3.05, 3.63) is 52.5 Å². The van der Waals surface area contributed by atoms with Crippen molar-refractivity contribution >= 4 is 11.9 Å². The molecule has 0 radical (unpaired) electrons. The molecule has 2 aliphatic rings. The molecule has 2 aliphatic heterocycles. The molecule has 1 aromatic carbocycles. The molecule has 0 saturated carbocycles. The van der Waals surface area contributed by atoms with Gasteiger partial charge in [-0.2, -0.15) is 8.78 Å². The van der Waals surface area contributed by atoms with E-state index in [9.17, 15) is 13.6 Å². The highest BCUT2D eigenvalue weighted by molar-refractivity contribution is 6.07. The van der Waals surface area contributed by atoms with Crippen LogP contribution in [0, 0.1) is 26.7 Å². The first-order valence-electron chi connectivity index (χ1n) is 10.6. The Kier molecular flexibility index (Phi) is 5.70. The molecule has 1 saturated heterocycles. The highest BCUT2D eigenvalue weighted by atomic mass is 19.3. The molecule has 4 rings (SSSR count). The largest absolute Gasteiger partial charge is 0.467 e. The van der Waals surface area contributed by atoms with Gasteiger partial charge in [0, 0.05) is 13.0 Å². The molecule has 7 nitrogen and oxygen atoms in total. The number of furan rings is 1. The topological polar surface area (TPSA) is 93.1 Å². The normalized spacial score (nSPS) is 26.0. The number of hydrogen-bond donors (Lipinski definition) is 2. The van der Waals surface area contributed by atoms with Gasteiger partial charge in [-0.15, -0.1) is 0 Å². The van der Waals surface area contributed by atoms with E-state index >= 15 is 0 Å². The monoisotopic (exact) mass is 446 g/mol. The highest BCUT2D eigenvalue weighted by Gasteiger charge is 2.54. The van der Waals surface area contributed by atoms with Crippen molar-refractivity contribution in [2.45, 2.75) is 51.8 Å². The number of guanidine groups is 1. The lowest BCUT2D eigenvalue weighted by atomic mass is 9.71. The number of rotatable bonds is 5. The van der Waals surface area contributed by atoms with Crippen LogP contribution in [0.5, 0.6) is 5.75 Å². The van der Waals surface area contributed by atoms with Crippen LogP contribution in [0.15, 0.2) is 33.9 Å².